The summed E-state index contributed by atoms with van der Waals surface area (Å²) in [6.45, 7) is 6.68. The fraction of sp³-hybridized carbons (Fsp3) is 0.538. The summed E-state index contributed by atoms with van der Waals surface area (Å²) in [6, 6.07) is 7.22. The maximum Gasteiger partial charge on any atom is 0.410 e. The van der Waals surface area contributed by atoms with Crippen LogP contribution in [0.15, 0.2) is 29.1 Å². The minimum absolute atomic E-state index is 0.0300. The lowest BCUT2D eigenvalue weighted by Gasteiger charge is -2.33. The van der Waals surface area contributed by atoms with Crippen molar-refractivity contribution in [2.45, 2.75) is 70.8 Å². The molecule has 1 aliphatic carbocycles. The van der Waals surface area contributed by atoms with Crippen molar-refractivity contribution in [1.29, 1.82) is 0 Å². The van der Waals surface area contributed by atoms with E-state index in [4.69, 9.17) is 9.84 Å². The van der Waals surface area contributed by atoms with Crippen molar-refractivity contribution in [1.82, 2.24) is 19.5 Å². The fourth-order valence-corrected chi connectivity index (χ4v) is 5.29. The molecular weight excluding hydrogens is 446 g/mol. The van der Waals surface area contributed by atoms with Crippen molar-refractivity contribution in [2.75, 3.05) is 18.4 Å². The molecule has 2 amide bonds. The number of carbonyl (C=O) groups excluding carboxylic acids is 2. The molecule has 3 aromatic rings. The van der Waals surface area contributed by atoms with Crippen LogP contribution in [0.25, 0.3) is 16.6 Å². The predicted octanol–water partition coefficient (Wildman–Crippen LogP) is 4.42. The van der Waals surface area contributed by atoms with Gasteiger partial charge >= 0.3 is 6.09 Å². The number of piperidine rings is 1. The lowest BCUT2D eigenvalue weighted by atomic mass is 9.93. The van der Waals surface area contributed by atoms with Crippen molar-refractivity contribution in [3.05, 3.63) is 40.3 Å². The molecule has 9 heteroatoms. The minimum Gasteiger partial charge on any atom is -0.444 e. The van der Waals surface area contributed by atoms with Crippen molar-refractivity contribution < 1.29 is 14.3 Å². The third kappa shape index (κ3) is 4.76. The Bertz CT molecular complexity index is 1320. The van der Waals surface area contributed by atoms with Gasteiger partial charge in [-0.3, -0.25) is 9.59 Å². The maximum absolute atomic E-state index is 12.8. The molecule has 0 bridgehead atoms. The average molecular weight is 480 g/mol. The van der Waals surface area contributed by atoms with E-state index in [0.717, 1.165) is 36.8 Å². The van der Waals surface area contributed by atoms with Gasteiger partial charge in [-0.15, -0.1) is 0 Å². The first-order valence-electron chi connectivity index (χ1n) is 12.5. The number of hydrogen-bond donors (Lipinski definition) is 2. The lowest BCUT2D eigenvalue weighted by molar-refractivity contribution is -0.119. The van der Waals surface area contributed by atoms with Gasteiger partial charge in [0.15, 0.2) is 0 Å². The number of rotatable bonds is 3. The first-order chi connectivity index (χ1) is 16.7. The number of likely N-dealkylation sites (tertiary alicyclic amines) is 1. The highest BCUT2D eigenvalue weighted by molar-refractivity contribution is 6.07. The van der Waals surface area contributed by atoms with Crippen LogP contribution in [-0.2, 0) is 9.53 Å². The predicted molar refractivity (Wildman–Crippen MR) is 134 cm³/mol. The van der Waals surface area contributed by atoms with Crippen LogP contribution in [0.1, 0.15) is 70.9 Å². The van der Waals surface area contributed by atoms with Gasteiger partial charge in [-0.1, -0.05) is 18.9 Å². The zero-order valence-electron chi connectivity index (χ0n) is 20.6. The number of carbonyl (C=O) groups is 2. The summed E-state index contributed by atoms with van der Waals surface area (Å²) in [4.78, 5) is 42.6. The summed E-state index contributed by atoms with van der Waals surface area (Å²) in [6.07, 6.45) is 5.11. The number of ether oxygens (including phenoxy) is 1. The van der Waals surface area contributed by atoms with Crippen LogP contribution >= 0.6 is 0 Å². The second-order valence-electron chi connectivity index (χ2n) is 10.7. The molecule has 1 aromatic carbocycles. The Labute approximate surface area is 203 Å². The van der Waals surface area contributed by atoms with Gasteiger partial charge in [0, 0.05) is 31.0 Å². The number of benzene rings is 1. The van der Waals surface area contributed by atoms with E-state index in [9.17, 15) is 14.4 Å². The molecule has 2 aromatic heterocycles. The Morgan fingerprint density at radius 2 is 1.83 bits per heavy atom. The van der Waals surface area contributed by atoms with Gasteiger partial charge < -0.3 is 19.9 Å². The van der Waals surface area contributed by atoms with Crippen LogP contribution in [-0.4, -0.2) is 50.2 Å². The highest BCUT2D eigenvalue weighted by atomic mass is 16.6. The molecule has 1 saturated carbocycles. The average Bonchev–Trinajstić information content (AvgIpc) is 3.46. The number of H-pyrrole nitrogens is 1. The zero-order chi connectivity index (χ0) is 24.7. The SMILES string of the molecule is CC(C)(C)OC(=O)N1CCC(c2cc(=O)[nH]c3c4c(NC(=O)C5CCCC5)cccc4nn23)CC1. The molecule has 9 nitrogen and oxygen atoms in total. The van der Waals surface area contributed by atoms with E-state index in [-0.39, 0.29) is 29.4 Å². The Kier molecular flexibility index (Phi) is 6.02. The fourth-order valence-electron chi connectivity index (χ4n) is 5.29. The number of anilines is 1. The van der Waals surface area contributed by atoms with Crippen LogP contribution in [0.4, 0.5) is 10.5 Å². The number of fused-ring (bicyclic) bond motifs is 3. The number of nitrogens with one attached hydrogen (secondary N) is 2. The standard InChI is InChI=1S/C26H33N5O4/c1-26(2,3)35-25(34)30-13-11-16(12-14-30)20-15-21(32)28-23-22-18(9-6-10-19(22)29-31(20)23)27-24(33)17-7-4-5-8-17/h6,9-10,15-17H,4-5,7-8,11-14H2,1-3H3,(H,27,33)(H,28,32). The number of nitrogens with zero attached hydrogens (tertiary/aromatic N) is 3. The summed E-state index contributed by atoms with van der Waals surface area (Å²) in [5.74, 6) is 0.142. The molecule has 0 spiro atoms. The van der Waals surface area contributed by atoms with Crippen LogP contribution < -0.4 is 10.9 Å². The summed E-state index contributed by atoms with van der Waals surface area (Å²) in [7, 11) is 0. The normalized spacial score (nSPS) is 17.9. The smallest absolute Gasteiger partial charge is 0.410 e. The Morgan fingerprint density at radius 1 is 1.11 bits per heavy atom. The topological polar surface area (TPSA) is 109 Å². The van der Waals surface area contributed by atoms with Gasteiger partial charge in [0.25, 0.3) is 5.56 Å². The zero-order valence-corrected chi connectivity index (χ0v) is 20.6. The van der Waals surface area contributed by atoms with Gasteiger partial charge in [0.2, 0.25) is 5.91 Å². The molecule has 0 unspecified atom stereocenters. The minimum atomic E-state index is -0.535. The van der Waals surface area contributed by atoms with Gasteiger partial charge in [0.1, 0.15) is 11.2 Å². The molecule has 35 heavy (non-hydrogen) atoms. The summed E-state index contributed by atoms with van der Waals surface area (Å²) in [5.41, 5.74) is 2.04. The molecule has 0 radical (unpaired) electrons. The third-order valence-electron chi connectivity index (χ3n) is 7.01. The van der Waals surface area contributed by atoms with Gasteiger partial charge in [-0.2, -0.15) is 5.10 Å². The molecule has 2 aliphatic rings. The van der Waals surface area contributed by atoms with Crippen LogP contribution in [0.5, 0.6) is 0 Å². The highest BCUT2D eigenvalue weighted by Gasteiger charge is 2.30. The van der Waals surface area contributed by atoms with E-state index < -0.39 is 5.60 Å². The van der Waals surface area contributed by atoms with Gasteiger partial charge in [-0.25, -0.2) is 9.31 Å². The van der Waals surface area contributed by atoms with Gasteiger partial charge in [-0.05, 0) is 58.6 Å². The van der Waals surface area contributed by atoms with Gasteiger partial charge in [0.05, 0.1) is 22.3 Å². The van der Waals surface area contributed by atoms with E-state index in [1.807, 2.05) is 39.0 Å². The molecule has 0 atom stereocenters. The van der Waals surface area contributed by atoms with Crippen molar-refractivity contribution in [2.24, 2.45) is 5.92 Å². The first-order valence-corrected chi connectivity index (χ1v) is 12.5. The van der Waals surface area contributed by atoms with Crippen LogP contribution in [0.2, 0.25) is 0 Å². The molecular formula is C26H33N5O4. The molecule has 3 heterocycles. The van der Waals surface area contributed by atoms with Crippen molar-refractivity contribution in [3.63, 3.8) is 0 Å². The Morgan fingerprint density at radius 3 is 2.51 bits per heavy atom. The highest BCUT2D eigenvalue weighted by Crippen LogP contribution is 2.33. The van der Waals surface area contributed by atoms with E-state index in [0.29, 0.717) is 42.8 Å². The van der Waals surface area contributed by atoms with E-state index in [1.165, 1.54) is 0 Å². The largest absolute Gasteiger partial charge is 0.444 e. The quantitative estimate of drug-likeness (QED) is 0.578. The van der Waals surface area contributed by atoms with E-state index >= 15 is 0 Å². The summed E-state index contributed by atoms with van der Waals surface area (Å²) >= 11 is 0. The van der Waals surface area contributed by atoms with E-state index in [1.54, 1.807) is 15.5 Å². The number of amides is 2. The summed E-state index contributed by atoms with van der Waals surface area (Å²) < 4.78 is 7.31. The molecule has 1 aliphatic heterocycles. The molecule has 2 N–H and O–H groups in total. The lowest BCUT2D eigenvalue weighted by Crippen LogP contribution is -2.41. The first kappa shape index (κ1) is 23.4. The Hall–Kier alpha value is -3.36. The number of aromatic amines is 1. The molecule has 186 valence electrons. The monoisotopic (exact) mass is 479 g/mol. The van der Waals surface area contributed by atoms with Crippen molar-refractivity contribution >= 4 is 34.2 Å². The van der Waals surface area contributed by atoms with Crippen LogP contribution in [0, 0.1) is 5.92 Å². The maximum atomic E-state index is 12.8. The van der Waals surface area contributed by atoms with Crippen LogP contribution in [0.3, 0.4) is 0 Å². The Balaban J connectivity index is 1.44. The van der Waals surface area contributed by atoms with E-state index in [2.05, 4.69) is 10.3 Å². The summed E-state index contributed by atoms with van der Waals surface area (Å²) in [5, 5.41) is 8.62. The second-order valence-corrected chi connectivity index (χ2v) is 10.7. The second kappa shape index (κ2) is 9.02. The molecule has 2 fully saturated rings. The van der Waals surface area contributed by atoms with Crippen molar-refractivity contribution in [3.8, 4) is 0 Å². The number of hydrogen-bond acceptors (Lipinski definition) is 5. The molecule has 5 rings (SSSR count). The molecule has 1 saturated heterocycles. The third-order valence-corrected chi connectivity index (χ3v) is 7.01. The number of aromatic nitrogens is 3.